The van der Waals surface area contributed by atoms with E-state index in [4.69, 9.17) is 27.9 Å². The van der Waals surface area contributed by atoms with Crippen molar-refractivity contribution in [2.24, 2.45) is 0 Å². The highest BCUT2D eigenvalue weighted by molar-refractivity contribution is 6.42. The minimum atomic E-state index is -4.72. The molecule has 5 nitrogen and oxygen atoms in total. The first kappa shape index (κ1) is 27.5. The summed E-state index contributed by atoms with van der Waals surface area (Å²) in [7, 11) is 2.50. The Labute approximate surface area is 204 Å². The summed E-state index contributed by atoms with van der Waals surface area (Å²) in [5.41, 5.74) is -1.13. The Morgan fingerprint density at radius 2 is 1.74 bits per heavy atom. The number of para-hydroxylation sites is 1. The maximum absolute atomic E-state index is 14.0. The molecule has 1 unspecified atom stereocenters. The number of hydrogen-bond acceptors (Lipinski definition) is 3. The lowest BCUT2D eigenvalue weighted by atomic mass is 9.84. The first-order valence-corrected chi connectivity index (χ1v) is 10.6. The fourth-order valence-electron chi connectivity index (χ4n) is 3.39. The monoisotopic (exact) mass is 520 g/mol. The molecule has 0 saturated heterocycles. The highest BCUT2D eigenvalue weighted by atomic mass is 35.5. The van der Waals surface area contributed by atoms with E-state index in [-0.39, 0.29) is 28.8 Å². The summed E-state index contributed by atoms with van der Waals surface area (Å²) in [6.07, 6.45) is -6.01. The lowest BCUT2D eigenvalue weighted by molar-refractivity contribution is -0.161. The summed E-state index contributed by atoms with van der Waals surface area (Å²) in [5, 5.41) is 0.323. The second kappa shape index (κ2) is 11.1. The Hall–Kier alpha value is -2.78. The molecule has 1 atom stereocenters. The molecule has 0 bridgehead atoms. The van der Waals surface area contributed by atoms with Crippen LogP contribution in [0.15, 0.2) is 55.1 Å². The van der Waals surface area contributed by atoms with Gasteiger partial charge in [0.25, 0.3) is 0 Å². The van der Waals surface area contributed by atoms with Crippen molar-refractivity contribution in [1.82, 2.24) is 9.80 Å². The minimum absolute atomic E-state index is 0.0164. The van der Waals surface area contributed by atoms with E-state index in [2.05, 4.69) is 6.58 Å². The molecule has 0 aliphatic carbocycles. The molecule has 0 N–H and O–H groups in total. The Balaban J connectivity index is 2.54. The van der Waals surface area contributed by atoms with Crippen LogP contribution in [0.2, 0.25) is 10.0 Å². The lowest BCUT2D eigenvalue weighted by Gasteiger charge is -2.43. The summed E-state index contributed by atoms with van der Waals surface area (Å²) in [6, 6.07) is 9.62. The highest BCUT2D eigenvalue weighted by Gasteiger charge is 2.43. The van der Waals surface area contributed by atoms with Gasteiger partial charge in [-0.25, -0.2) is 9.18 Å². The molecule has 11 heteroatoms. The predicted octanol–water partition coefficient (Wildman–Crippen LogP) is 6.45. The van der Waals surface area contributed by atoms with Gasteiger partial charge >= 0.3 is 12.3 Å². The zero-order valence-electron chi connectivity index (χ0n) is 18.3. The largest absolute Gasteiger partial charge is 0.415 e. The van der Waals surface area contributed by atoms with E-state index in [1.807, 2.05) is 0 Å². The number of alkyl halides is 3. The van der Waals surface area contributed by atoms with Crippen molar-refractivity contribution in [2.75, 3.05) is 20.6 Å². The average Bonchev–Trinajstić information content (AvgIpc) is 2.75. The summed E-state index contributed by atoms with van der Waals surface area (Å²) < 4.78 is 57.7. The molecular formula is C23H22Cl2F4N2O3. The van der Waals surface area contributed by atoms with E-state index in [9.17, 15) is 27.2 Å². The van der Waals surface area contributed by atoms with Gasteiger partial charge in [0.15, 0.2) is 11.6 Å². The van der Waals surface area contributed by atoms with Crippen molar-refractivity contribution >= 4 is 35.2 Å². The number of nitrogens with zero attached hydrogens (tertiary/aromatic N) is 2. The molecule has 0 radical (unpaired) electrons. The van der Waals surface area contributed by atoms with Crippen LogP contribution in [-0.2, 0) is 10.3 Å². The molecular weight excluding hydrogens is 499 g/mol. The standard InChI is InChI=1S/C23H22Cl2F4N2O3/c1-4-11-22(15-9-10-16(24)17(25)12-15,14-30(2)20(32)13-23(27,28)29)31(3)21(33)34-19-8-6-5-7-18(19)26/h4-10,12H,1,11,13-14H2,2-3H3. The van der Waals surface area contributed by atoms with E-state index >= 15 is 0 Å². The van der Waals surface area contributed by atoms with Crippen LogP contribution in [0, 0.1) is 5.82 Å². The van der Waals surface area contributed by atoms with Crippen molar-refractivity contribution < 1.29 is 31.9 Å². The molecule has 34 heavy (non-hydrogen) atoms. The van der Waals surface area contributed by atoms with Gasteiger partial charge in [0.2, 0.25) is 5.91 Å². The molecule has 0 saturated carbocycles. The Kier molecular flexibility index (Phi) is 8.96. The van der Waals surface area contributed by atoms with Gasteiger partial charge in [0.05, 0.1) is 15.6 Å². The third-order valence-corrected chi connectivity index (χ3v) is 5.90. The SMILES string of the molecule is C=CCC(CN(C)C(=O)CC(F)(F)F)(c1ccc(Cl)c(Cl)c1)N(C)C(=O)Oc1ccccc1F. The van der Waals surface area contributed by atoms with Crippen LogP contribution in [-0.4, -0.2) is 48.6 Å². The van der Waals surface area contributed by atoms with Gasteiger partial charge < -0.3 is 9.64 Å². The molecule has 2 aromatic carbocycles. The van der Waals surface area contributed by atoms with Crippen molar-refractivity contribution in [3.05, 3.63) is 76.5 Å². The van der Waals surface area contributed by atoms with Gasteiger partial charge in [-0.15, -0.1) is 6.58 Å². The topological polar surface area (TPSA) is 49.9 Å². The second-order valence-electron chi connectivity index (χ2n) is 7.55. The van der Waals surface area contributed by atoms with Crippen LogP contribution >= 0.6 is 23.2 Å². The Morgan fingerprint density at radius 3 is 2.29 bits per heavy atom. The predicted molar refractivity (Wildman–Crippen MR) is 121 cm³/mol. The molecule has 184 valence electrons. The summed E-state index contributed by atoms with van der Waals surface area (Å²) in [6.45, 7) is 3.30. The number of hydrogen-bond donors (Lipinski definition) is 0. The Morgan fingerprint density at radius 1 is 1.09 bits per heavy atom. The van der Waals surface area contributed by atoms with Crippen LogP contribution in [0.3, 0.4) is 0 Å². The fraction of sp³-hybridized carbons (Fsp3) is 0.304. The van der Waals surface area contributed by atoms with Gasteiger partial charge in [0, 0.05) is 20.6 Å². The van der Waals surface area contributed by atoms with Gasteiger partial charge in [-0.3, -0.25) is 9.69 Å². The van der Waals surface area contributed by atoms with Crippen molar-refractivity contribution in [3.63, 3.8) is 0 Å². The third-order valence-electron chi connectivity index (χ3n) is 5.16. The Bertz CT molecular complexity index is 1060. The lowest BCUT2D eigenvalue weighted by Crippen LogP contribution is -2.55. The average molecular weight is 521 g/mol. The maximum atomic E-state index is 14.0. The zero-order valence-corrected chi connectivity index (χ0v) is 19.8. The number of carbonyl (C=O) groups is 2. The second-order valence-corrected chi connectivity index (χ2v) is 8.37. The summed E-state index contributed by atoms with van der Waals surface area (Å²) in [5.74, 6) is -2.34. The van der Waals surface area contributed by atoms with Gasteiger partial charge in [-0.1, -0.05) is 47.5 Å². The fourth-order valence-corrected chi connectivity index (χ4v) is 3.68. The number of rotatable bonds is 8. The number of likely N-dealkylation sites (N-methyl/N-ethyl adjacent to an activating group) is 2. The molecule has 0 fully saturated rings. The van der Waals surface area contributed by atoms with E-state index in [1.165, 1.54) is 56.6 Å². The van der Waals surface area contributed by atoms with Crippen molar-refractivity contribution in [1.29, 1.82) is 0 Å². The first-order valence-electron chi connectivity index (χ1n) is 9.88. The van der Waals surface area contributed by atoms with Crippen molar-refractivity contribution in [3.8, 4) is 5.75 Å². The summed E-state index contributed by atoms with van der Waals surface area (Å²) in [4.78, 5) is 27.2. The highest BCUT2D eigenvalue weighted by Crippen LogP contribution is 2.37. The number of halogens is 6. The van der Waals surface area contributed by atoms with Crippen LogP contribution in [0.25, 0.3) is 0 Å². The molecule has 0 spiro atoms. The van der Waals surface area contributed by atoms with Crippen molar-refractivity contribution in [2.45, 2.75) is 24.6 Å². The van der Waals surface area contributed by atoms with E-state index in [1.54, 1.807) is 0 Å². The molecule has 2 rings (SSSR count). The normalized spacial score (nSPS) is 13.1. The third kappa shape index (κ3) is 6.64. The maximum Gasteiger partial charge on any atom is 0.415 e. The number of benzene rings is 2. The number of carbonyl (C=O) groups excluding carboxylic acids is 2. The van der Waals surface area contributed by atoms with E-state index in [0.29, 0.717) is 5.56 Å². The minimum Gasteiger partial charge on any atom is -0.407 e. The van der Waals surface area contributed by atoms with Gasteiger partial charge in [-0.05, 0) is 36.2 Å². The van der Waals surface area contributed by atoms with Crippen LogP contribution < -0.4 is 4.74 Å². The van der Waals surface area contributed by atoms with Crippen LogP contribution in [0.5, 0.6) is 5.75 Å². The van der Waals surface area contributed by atoms with Crippen LogP contribution in [0.4, 0.5) is 22.4 Å². The van der Waals surface area contributed by atoms with Gasteiger partial charge in [-0.2, -0.15) is 13.2 Å². The molecule has 0 heterocycles. The van der Waals surface area contributed by atoms with E-state index < -0.39 is 36.0 Å². The number of ether oxygens (including phenoxy) is 1. The first-order chi connectivity index (χ1) is 15.8. The smallest absolute Gasteiger partial charge is 0.407 e. The molecule has 0 aromatic heterocycles. The molecule has 2 amide bonds. The van der Waals surface area contributed by atoms with E-state index in [0.717, 1.165) is 15.9 Å². The summed E-state index contributed by atoms with van der Waals surface area (Å²) >= 11 is 12.2. The zero-order chi connectivity index (χ0) is 25.7. The molecule has 0 aliphatic heterocycles. The molecule has 0 aliphatic rings. The quantitative estimate of drug-likeness (QED) is 0.297. The van der Waals surface area contributed by atoms with Crippen LogP contribution in [0.1, 0.15) is 18.4 Å². The number of amides is 2. The molecule has 2 aromatic rings. The van der Waals surface area contributed by atoms with Gasteiger partial charge in [0.1, 0.15) is 6.42 Å².